The van der Waals surface area contributed by atoms with Crippen molar-refractivity contribution >= 4 is 17.5 Å². The van der Waals surface area contributed by atoms with Gasteiger partial charge in [-0.3, -0.25) is 14.4 Å². The van der Waals surface area contributed by atoms with Crippen LogP contribution in [0.15, 0.2) is 42.7 Å². The van der Waals surface area contributed by atoms with Crippen LogP contribution in [-0.4, -0.2) is 53.4 Å². The largest absolute Gasteiger partial charge is 0.379 e. The fraction of sp³-hybridized carbons (Fsp3) is 0.412. The number of carbonyl (C=O) groups excluding carboxylic acids is 1. The summed E-state index contributed by atoms with van der Waals surface area (Å²) in [6.07, 6.45) is 3.44. The third-order valence-electron chi connectivity index (χ3n) is 4.08. The Morgan fingerprint density at radius 3 is 2.88 bits per heavy atom. The number of ether oxygens (including phenoxy) is 1. The molecule has 0 saturated carbocycles. The molecule has 3 rings (SSSR count). The van der Waals surface area contributed by atoms with E-state index in [9.17, 15) is 4.79 Å². The molecule has 24 heavy (non-hydrogen) atoms. The lowest BCUT2D eigenvalue weighted by atomic mass is 10.0. The van der Waals surface area contributed by atoms with E-state index in [-0.39, 0.29) is 18.5 Å². The summed E-state index contributed by atoms with van der Waals surface area (Å²) >= 11 is 6.14. The predicted octanol–water partition coefficient (Wildman–Crippen LogP) is 1.73. The van der Waals surface area contributed by atoms with E-state index in [0.29, 0.717) is 24.8 Å². The number of halogens is 1. The highest BCUT2D eigenvalue weighted by atomic mass is 35.5. The number of benzene rings is 1. The molecule has 128 valence electrons. The number of rotatable bonds is 6. The van der Waals surface area contributed by atoms with Gasteiger partial charge in [0.15, 0.2) is 0 Å². The van der Waals surface area contributed by atoms with E-state index >= 15 is 0 Å². The highest BCUT2D eigenvalue weighted by molar-refractivity contribution is 6.30. The standard InChI is InChI=1S/C17H21ClN4O2/c18-15-4-1-3-14(11-15)16(21-7-9-24-10-8-21)12-19-17(23)13-22-6-2-5-20-22/h1-6,11,16H,7-10,12-13H2,(H,19,23)/t16-/m0/s1. The van der Waals surface area contributed by atoms with Crippen molar-refractivity contribution in [2.75, 3.05) is 32.8 Å². The molecule has 1 aliphatic rings. The number of nitrogens with zero attached hydrogens (tertiary/aromatic N) is 3. The van der Waals surface area contributed by atoms with Gasteiger partial charge in [0, 0.05) is 37.1 Å². The quantitative estimate of drug-likeness (QED) is 0.863. The van der Waals surface area contributed by atoms with Crippen LogP contribution in [0.5, 0.6) is 0 Å². The molecular weight excluding hydrogens is 328 g/mol. The maximum atomic E-state index is 12.2. The molecule has 0 radical (unpaired) electrons. The van der Waals surface area contributed by atoms with E-state index in [1.54, 1.807) is 23.1 Å². The fourth-order valence-electron chi connectivity index (χ4n) is 2.87. The van der Waals surface area contributed by atoms with Gasteiger partial charge in [0.05, 0.1) is 19.3 Å². The molecule has 1 aliphatic heterocycles. The number of carbonyl (C=O) groups is 1. The Balaban J connectivity index is 1.66. The van der Waals surface area contributed by atoms with Crippen molar-refractivity contribution in [1.29, 1.82) is 0 Å². The third-order valence-corrected chi connectivity index (χ3v) is 4.31. The molecule has 0 aliphatic carbocycles. The molecule has 1 fully saturated rings. The first-order valence-electron chi connectivity index (χ1n) is 8.04. The van der Waals surface area contributed by atoms with Gasteiger partial charge in [-0.25, -0.2) is 0 Å². The normalized spacial score (nSPS) is 16.7. The maximum absolute atomic E-state index is 12.2. The summed E-state index contributed by atoms with van der Waals surface area (Å²) in [5.74, 6) is -0.0565. The van der Waals surface area contributed by atoms with E-state index in [2.05, 4.69) is 15.3 Å². The van der Waals surface area contributed by atoms with Gasteiger partial charge in [-0.15, -0.1) is 0 Å². The zero-order chi connectivity index (χ0) is 16.8. The second kappa shape index (κ2) is 8.28. The second-order valence-corrected chi connectivity index (χ2v) is 6.16. The first-order valence-corrected chi connectivity index (χ1v) is 8.41. The summed E-state index contributed by atoms with van der Waals surface area (Å²) < 4.78 is 7.05. The van der Waals surface area contributed by atoms with Gasteiger partial charge >= 0.3 is 0 Å². The topological polar surface area (TPSA) is 59.4 Å². The second-order valence-electron chi connectivity index (χ2n) is 5.73. The van der Waals surface area contributed by atoms with Crippen LogP contribution in [-0.2, 0) is 16.1 Å². The van der Waals surface area contributed by atoms with Crippen LogP contribution in [0, 0.1) is 0 Å². The van der Waals surface area contributed by atoms with E-state index in [0.717, 1.165) is 18.7 Å². The van der Waals surface area contributed by atoms with Crippen LogP contribution in [0.4, 0.5) is 0 Å². The van der Waals surface area contributed by atoms with Gasteiger partial charge in [0.1, 0.15) is 6.54 Å². The van der Waals surface area contributed by atoms with E-state index in [4.69, 9.17) is 16.3 Å². The van der Waals surface area contributed by atoms with Gasteiger partial charge < -0.3 is 10.1 Å². The van der Waals surface area contributed by atoms with Crippen molar-refractivity contribution < 1.29 is 9.53 Å². The SMILES string of the molecule is O=C(Cn1cccn1)NC[C@@H](c1cccc(Cl)c1)N1CCOCC1. The zero-order valence-electron chi connectivity index (χ0n) is 13.4. The Kier molecular flexibility index (Phi) is 5.85. The van der Waals surface area contributed by atoms with Crippen LogP contribution in [0.25, 0.3) is 0 Å². The lowest BCUT2D eigenvalue weighted by Gasteiger charge is -2.35. The molecule has 0 unspecified atom stereocenters. The van der Waals surface area contributed by atoms with Crippen molar-refractivity contribution in [2.24, 2.45) is 0 Å². The Morgan fingerprint density at radius 2 is 2.17 bits per heavy atom. The molecule has 6 nitrogen and oxygen atoms in total. The lowest BCUT2D eigenvalue weighted by molar-refractivity contribution is -0.122. The molecule has 1 atom stereocenters. The number of amides is 1. The van der Waals surface area contributed by atoms with E-state index in [1.807, 2.05) is 24.3 Å². The van der Waals surface area contributed by atoms with Crippen molar-refractivity contribution in [2.45, 2.75) is 12.6 Å². The maximum Gasteiger partial charge on any atom is 0.241 e. The molecule has 1 aromatic heterocycles. The van der Waals surface area contributed by atoms with Crippen molar-refractivity contribution in [3.8, 4) is 0 Å². The first-order chi connectivity index (χ1) is 11.7. The van der Waals surface area contributed by atoms with Crippen LogP contribution in [0.1, 0.15) is 11.6 Å². The molecule has 1 saturated heterocycles. The highest BCUT2D eigenvalue weighted by Gasteiger charge is 2.23. The molecule has 1 amide bonds. The van der Waals surface area contributed by atoms with Gasteiger partial charge in [-0.2, -0.15) is 5.10 Å². The Bertz CT molecular complexity index is 656. The summed E-state index contributed by atoms with van der Waals surface area (Å²) in [5.41, 5.74) is 1.10. The lowest BCUT2D eigenvalue weighted by Crippen LogP contribution is -2.44. The predicted molar refractivity (Wildman–Crippen MR) is 91.8 cm³/mol. The zero-order valence-corrected chi connectivity index (χ0v) is 14.2. The molecule has 1 aromatic carbocycles. The molecule has 2 heterocycles. The molecule has 7 heteroatoms. The number of nitrogens with one attached hydrogen (secondary N) is 1. The van der Waals surface area contributed by atoms with E-state index in [1.165, 1.54) is 0 Å². The smallest absolute Gasteiger partial charge is 0.241 e. The Hall–Kier alpha value is -1.89. The Labute approximate surface area is 146 Å². The number of aromatic nitrogens is 2. The molecule has 0 spiro atoms. The number of hydrogen-bond donors (Lipinski definition) is 1. The van der Waals surface area contributed by atoms with Crippen LogP contribution in [0.2, 0.25) is 5.02 Å². The van der Waals surface area contributed by atoms with Crippen molar-refractivity contribution in [1.82, 2.24) is 20.0 Å². The summed E-state index contributed by atoms with van der Waals surface area (Å²) in [4.78, 5) is 14.5. The minimum absolute atomic E-state index is 0.0565. The molecule has 2 aromatic rings. The summed E-state index contributed by atoms with van der Waals surface area (Å²) in [6, 6.07) is 9.69. The van der Waals surface area contributed by atoms with E-state index < -0.39 is 0 Å². The van der Waals surface area contributed by atoms with Gasteiger partial charge in [0.25, 0.3) is 0 Å². The van der Waals surface area contributed by atoms with Crippen LogP contribution >= 0.6 is 11.6 Å². The number of morpholine rings is 1. The molecule has 0 bridgehead atoms. The third kappa shape index (κ3) is 4.56. The average molecular weight is 349 g/mol. The van der Waals surface area contributed by atoms with Gasteiger partial charge in [0.2, 0.25) is 5.91 Å². The van der Waals surface area contributed by atoms with Crippen molar-refractivity contribution in [3.63, 3.8) is 0 Å². The van der Waals surface area contributed by atoms with Gasteiger partial charge in [-0.05, 0) is 23.8 Å². The minimum atomic E-state index is -0.0565. The summed E-state index contributed by atoms with van der Waals surface area (Å²) in [6.45, 7) is 3.84. The Morgan fingerprint density at radius 1 is 1.33 bits per heavy atom. The minimum Gasteiger partial charge on any atom is -0.379 e. The highest BCUT2D eigenvalue weighted by Crippen LogP contribution is 2.23. The monoisotopic (exact) mass is 348 g/mol. The summed E-state index contributed by atoms with van der Waals surface area (Å²) in [7, 11) is 0. The first kappa shape index (κ1) is 17.0. The van der Waals surface area contributed by atoms with Crippen LogP contribution < -0.4 is 5.32 Å². The number of hydrogen-bond acceptors (Lipinski definition) is 4. The van der Waals surface area contributed by atoms with Crippen LogP contribution in [0.3, 0.4) is 0 Å². The fourth-order valence-corrected chi connectivity index (χ4v) is 3.07. The van der Waals surface area contributed by atoms with Gasteiger partial charge in [-0.1, -0.05) is 23.7 Å². The average Bonchev–Trinajstić information content (AvgIpc) is 3.09. The van der Waals surface area contributed by atoms with Crippen molar-refractivity contribution in [3.05, 3.63) is 53.3 Å². The molecular formula is C17H21ClN4O2. The molecule has 1 N–H and O–H groups in total. The summed E-state index contributed by atoms with van der Waals surface area (Å²) in [5, 5.41) is 7.77.